The number of nitrogens with zero attached hydrogens (tertiary/aromatic N) is 4. The molecule has 6 heteroatoms. The van der Waals surface area contributed by atoms with E-state index in [0.29, 0.717) is 0 Å². The Labute approximate surface area is 361 Å². The fourth-order valence-electron chi connectivity index (χ4n) is 9.43. The van der Waals surface area contributed by atoms with Crippen LogP contribution in [0, 0.1) is 0 Å². The van der Waals surface area contributed by atoms with Gasteiger partial charge in [-0.25, -0.2) is 0 Å². The van der Waals surface area contributed by atoms with Crippen molar-refractivity contribution in [3.63, 3.8) is 0 Å². The maximum atomic E-state index is 7.25. The highest BCUT2D eigenvalue weighted by atomic mass is 16.3. The summed E-state index contributed by atoms with van der Waals surface area (Å²) in [4.78, 5) is 7.20. The number of benzene rings is 8. The van der Waals surface area contributed by atoms with Crippen LogP contribution in [0.2, 0.25) is 0 Å². The second kappa shape index (κ2) is 14.8. The van der Waals surface area contributed by atoms with Crippen molar-refractivity contribution < 1.29 is 4.42 Å². The minimum absolute atomic E-state index is 0.272. The largest absolute Gasteiger partial charge is 0.466 e. The van der Waals surface area contributed by atoms with Crippen molar-refractivity contribution in [2.24, 2.45) is 0 Å². The summed E-state index contributed by atoms with van der Waals surface area (Å²) in [5.74, 6) is 1.87. The number of anilines is 9. The molecular weight excluding hydrogens is 755 g/mol. The van der Waals surface area contributed by atoms with Gasteiger partial charge in [0.2, 0.25) is 0 Å². The zero-order valence-corrected chi connectivity index (χ0v) is 33.8. The lowest BCUT2D eigenvalue weighted by molar-refractivity contribution is 0.613. The summed E-state index contributed by atoms with van der Waals surface area (Å²) in [6.45, 7) is -0.272. The fraction of sp³-hybridized carbons (Fsp3) is 0. The van der Waals surface area contributed by atoms with Crippen LogP contribution in [0.5, 0.6) is 0 Å². The van der Waals surface area contributed by atoms with Gasteiger partial charge in [0.15, 0.2) is 0 Å². The predicted molar refractivity (Wildman–Crippen MR) is 257 cm³/mol. The fourth-order valence-corrected chi connectivity index (χ4v) is 9.43. The molecule has 0 N–H and O–H groups in total. The molecule has 0 bridgehead atoms. The standard InChI is InChI=1S/C56H39BN4O/c1-6-19-40(20-7-1)41-33-35-46(36-34-41)60-50-31-18-32-51-55(50)57(58-39-47(37-54(58)60)59(44-25-12-4-13-26-44)45-27-14-5-15-28-45)56-52(38-53(62-56)43-23-10-3-11-24-43)61(51)49-30-17-16-29-48(49)42-21-8-2-9-22-42/h1-39H. The average Bonchev–Trinajstić information content (AvgIpc) is 3.99. The SMILES string of the molecule is c1ccc(-c2ccc(N3c4cccc5c4B(c4oc(-c6ccccc6)cc4N5c4ccccc4-c4ccccc4)n4cc(N(c5ccccc5)c5ccccc5)cc43)cc2)cc1. The highest BCUT2D eigenvalue weighted by molar-refractivity contribution is 6.88. The Morgan fingerprint density at radius 2 is 0.903 bits per heavy atom. The molecule has 4 heterocycles. The van der Waals surface area contributed by atoms with Crippen LogP contribution in [-0.2, 0) is 0 Å². The number of furan rings is 1. The highest BCUT2D eigenvalue weighted by Crippen LogP contribution is 2.50. The summed E-state index contributed by atoms with van der Waals surface area (Å²) in [6.07, 6.45) is 2.31. The molecule has 2 aliphatic rings. The van der Waals surface area contributed by atoms with Gasteiger partial charge in [0.1, 0.15) is 17.2 Å². The minimum atomic E-state index is -0.272. The van der Waals surface area contributed by atoms with E-state index in [0.717, 1.165) is 79.4 Å². The minimum Gasteiger partial charge on any atom is -0.466 e. The number of hydrogen-bond acceptors (Lipinski definition) is 4. The Hall–Kier alpha value is -8.22. The van der Waals surface area contributed by atoms with Gasteiger partial charge >= 0.3 is 6.85 Å². The smallest absolute Gasteiger partial charge is 0.378 e. The molecule has 2 aromatic heterocycles. The first-order valence-corrected chi connectivity index (χ1v) is 21.1. The van der Waals surface area contributed by atoms with E-state index in [1.807, 2.05) is 0 Å². The first-order valence-electron chi connectivity index (χ1n) is 21.1. The van der Waals surface area contributed by atoms with Crippen LogP contribution in [0.25, 0.3) is 33.6 Å². The van der Waals surface area contributed by atoms with E-state index < -0.39 is 0 Å². The van der Waals surface area contributed by atoms with Crippen LogP contribution < -0.4 is 25.8 Å². The summed E-state index contributed by atoms with van der Waals surface area (Å²) >= 11 is 0. The Morgan fingerprint density at radius 1 is 0.387 bits per heavy atom. The van der Waals surface area contributed by atoms with Gasteiger partial charge in [-0.15, -0.1) is 0 Å². The Kier molecular flexibility index (Phi) is 8.53. The lowest BCUT2D eigenvalue weighted by Gasteiger charge is -2.42. The second-order valence-electron chi connectivity index (χ2n) is 15.8. The van der Waals surface area contributed by atoms with Crippen LogP contribution in [0.3, 0.4) is 0 Å². The van der Waals surface area contributed by atoms with Crippen molar-refractivity contribution in [2.45, 2.75) is 0 Å². The van der Waals surface area contributed by atoms with E-state index in [4.69, 9.17) is 4.42 Å². The molecule has 0 spiro atoms. The van der Waals surface area contributed by atoms with Crippen molar-refractivity contribution >= 4 is 69.3 Å². The number of fused-ring (bicyclic) bond motifs is 4. The quantitative estimate of drug-likeness (QED) is 0.143. The van der Waals surface area contributed by atoms with E-state index in [-0.39, 0.29) is 6.85 Å². The molecule has 0 saturated heterocycles. The molecule has 0 radical (unpaired) electrons. The zero-order valence-electron chi connectivity index (χ0n) is 33.8. The number of rotatable bonds is 8. The number of hydrogen-bond donors (Lipinski definition) is 0. The summed E-state index contributed by atoms with van der Waals surface area (Å²) in [5, 5.41) is 0. The van der Waals surface area contributed by atoms with Crippen molar-refractivity contribution in [2.75, 3.05) is 14.7 Å². The zero-order chi connectivity index (χ0) is 41.0. The average molecular weight is 795 g/mol. The number of aromatic nitrogens is 1. The van der Waals surface area contributed by atoms with Crippen LogP contribution >= 0.6 is 0 Å². The van der Waals surface area contributed by atoms with Crippen molar-refractivity contribution in [3.8, 4) is 33.6 Å². The van der Waals surface area contributed by atoms with Gasteiger partial charge in [-0.05, 0) is 71.3 Å². The first kappa shape index (κ1) is 35.7. The molecule has 2 aliphatic heterocycles. The van der Waals surface area contributed by atoms with Gasteiger partial charge in [0, 0.05) is 63.4 Å². The first-order chi connectivity index (χ1) is 30.8. The summed E-state index contributed by atoms with van der Waals surface area (Å²) in [5.41, 5.74) is 16.4. The molecule has 5 nitrogen and oxygen atoms in total. The van der Waals surface area contributed by atoms with E-state index in [2.05, 4.69) is 256 Å². The van der Waals surface area contributed by atoms with Crippen LogP contribution in [-0.4, -0.2) is 11.3 Å². The Bertz CT molecular complexity index is 3150. The highest BCUT2D eigenvalue weighted by Gasteiger charge is 2.47. The molecular formula is C56H39BN4O. The maximum absolute atomic E-state index is 7.25. The Morgan fingerprint density at radius 3 is 1.55 bits per heavy atom. The molecule has 0 fully saturated rings. The van der Waals surface area contributed by atoms with Gasteiger partial charge in [-0.3, -0.25) is 4.90 Å². The van der Waals surface area contributed by atoms with Crippen LogP contribution in [0.4, 0.5) is 51.3 Å². The van der Waals surface area contributed by atoms with E-state index in [1.165, 1.54) is 16.6 Å². The molecule has 8 aromatic carbocycles. The monoisotopic (exact) mass is 794 g/mol. The molecule has 0 amide bonds. The van der Waals surface area contributed by atoms with Gasteiger partial charge in [-0.1, -0.05) is 164 Å². The topological polar surface area (TPSA) is 27.8 Å². The predicted octanol–water partition coefficient (Wildman–Crippen LogP) is 13.8. The molecule has 0 saturated carbocycles. The summed E-state index contributed by atoms with van der Waals surface area (Å²) in [6, 6.07) is 82.0. The van der Waals surface area contributed by atoms with E-state index in [1.54, 1.807) is 0 Å². The normalized spacial score (nSPS) is 12.4. The van der Waals surface area contributed by atoms with Crippen LogP contribution in [0.15, 0.2) is 241 Å². The van der Waals surface area contributed by atoms with Crippen molar-refractivity contribution in [3.05, 3.63) is 237 Å². The van der Waals surface area contributed by atoms with Crippen molar-refractivity contribution in [1.29, 1.82) is 0 Å². The third kappa shape index (κ3) is 5.87. The third-order valence-corrected chi connectivity index (χ3v) is 12.2. The molecule has 62 heavy (non-hydrogen) atoms. The van der Waals surface area contributed by atoms with Crippen LogP contribution in [0.1, 0.15) is 0 Å². The summed E-state index contributed by atoms with van der Waals surface area (Å²) < 4.78 is 9.68. The Balaban J connectivity index is 1.13. The molecule has 0 atom stereocenters. The molecule has 12 rings (SSSR count). The molecule has 0 aliphatic carbocycles. The van der Waals surface area contributed by atoms with Gasteiger partial charge in [-0.2, -0.15) is 0 Å². The molecule has 292 valence electrons. The summed E-state index contributed by atoms with van der Waals surface area (Å²) in [7, 11) is 0. The lowest BCUT2D eigenvalue weighted by atomic mass is 9.49. The van der Waals surface area contributed by atoms with Gasteiger partial charge in [0.05, 0.1) is 17.1 Å². The number of para-hydroxylation sites is 3. The van der Waals surface area contributed by atoms with Crippen molar-refractivity contribution in [1.82, 2.24) is 4.48 Å². The van der Waals surface area contributed by atoms with Gasteiger partial charge in [0.25, 0.3) is 0 Å². The maximum Gasteiger partial charge on any atom is 0.378 e. The third-order valence-electron chi connectivity index (χ3n) is 12.2. The second-order valence-corrected chi connectivity index (χ2v) is 15.8. The molecule has 0 unspecified atom stereocenters. The van der Waals surface area contributed by atoms with E-state index >= 15 is 0 Å². The van der Waals surface area contributed by atoms with E-state index in [9.17, 15) is 0 Å². The van der Waals surface area contributed by atoms with Gasteiger partial charge < -0.3 is 18.7 Å². The lowest BCUT2D eigenvalue weighted by Crippen LogP contribution is -2.57. The molecule has 10 aromatic rings.